The molecular weight excluding hydrogens is 426 g/mol. The number of aromatic nitrogens is 1. The van der Waals surface area contributed by atoms with Gasteiger partial charge in [0, 0.05) is 24.5 Å². The number of pyridine rings is 1. The van der Waals surface area contributed by atoms with E-state index >= 15 is 0 Å². The normalized spacial score (nSPS) is 14.2. The Morgan fingerprint density at radius 3 is 2.64 bits per heavy atom. The van der Waals surface area contributed by atoms with E-state index in [-0.39, 0.29) is 18.0 Å². The number of para-hydroxylation sites is 1. The highest BCUT2D eigenvalue weighted by atomic mass is 16.6. The third kappa shape index (κ3) is 5.31. The predicted molar refractivity (Wildman–Crippen MR) is 119 cm³/mol. The van der Waals surface area contributed by atoms with Crippen LogP contribution in [0.15, 0.2) is 53.1 Å². The SMILES string of the molecule is CCOC(=O)N1CCC(NC(=O)COC(=O)c2cc(-c3ccco3)nc3ccccc23)CC1. The number of hydrogen-bond acceptors (Lipinski definition) is 7. The lowest BCUT2D eigenvalue weighted by molar-refractivity contribution is -0.125. The van der Waals surface area contributed by atoms with Crippen molar-refractivity contribution in [2.45, 2.75) is 25.8 Å². The summed E-state index contributed by atoms with van der Waals surface area (Å²) < 4.78 is 15.7. The van der Waals surface area contributed by atoms with Crippen molar-refractivity contribution < 1.29 is 28.3 Å². The second-order valence-electron chi connectivity index (χ2n) is 7.65. The Labute approximate surface area is 190 Å². The van der Waals surface area contributed by atoms with E-state index in [0.717, 1.165) is 0 Å². The van der Waals surface area contributed by atoms with Crippen molar-refractivity contribution in [3.05, 3.63) is 54.3 Å². The van der Waals surface area contributed by atoms with Crippen LogP contribution in [-0.2, 0) is 14.3 Å². The summed E-state index contributed by atoms with van der Waals surface area (Å²) in [5, 5.41) is 3.50. The number of benzene rings is 1. The number of amides is 2. The van der Waals surface area contributed by atoms with Crippen molar-refractivity contribution in [3.63, 3.8) is 0 Å². The van der Waals surface area contributed by atoms with Crippen LogP contribution in [0, 0.1) is 0 Å². The third-order valence-electron chi connectivity index (χ3n) is 5.43. The molecule has 3 heterocycles. The standard InChI is InChI=1S/C24H25N3O6/c1-2-31-24(30)27-11-9-16(10-12-27)25-22(28)15-33-23(29)18-14-20(21-8-5-13-32-21)26-19-7-4-3-6-17(18)19/h3-8,13-14,16H,2,9-12,15H2,1H3,(H,25,28). The number of likely N-dealkylation sites (tertiary alicyclic amines) is 1. The summed E-state index contributed by atoms with van der Waals surface area (Å²) in [5.74, 6) is -0.474. The Morgan fingerprint density at radius 1 is 1.12 bits per heavy atom. The van der Waals surface area contributed by atoms with E-state index in [1.807, 2.05) is 12.1 Å². The number of furan rings is 1. The van der Waals surface area contributed by atoms with E-state index in [9.17, 15) is 14.4 Å². The molecule has 0 radical (unpaired) electrons. The van der Waals surface area contributed by atoms with Crippen molar-refractivity contribution in [1.82, 2.24) is 15.2 Å². The molecule has 0 atom stereocenters. The summed E-state index contributed by atoms with van der Waals surface area (Å²) in [6.07, 6.45) is 2.42. The molecule has 1 aliphatic heterocycles. The smallest absolute Gasteiger partial charge is 0.409 e. The zero-order chi connectivity index (χ0) is 23.2. The summed E-state index contributed by atoms with van der Waals surface area (Å²) in [6.45, 7) is 2.70. The van der Waals surface area contributed by atoms with Crippen molar-refractivity contribution in [1.29, 1.82) is 0 Å². The van der Waals surface area contributed by atoms with Gasteiger partial charge in [-0.3, -0.25) is 4.79 Å². The zero-order valence-electron chi connectivity index (χ0n) is 18.3. The van der Waals surface area contributed by atoms with Crippen molar-refractivity contribution in [2.75, 3.05) is 26.3 Å². The van der Waals surface area contributed by atoms with Crippen LogP contribution in [-0.4, -0.2) is 60.2 Å². The first kappa shape index (κ1) is 22.3. The summed E-state index contributed by atoms with van der Waals surface area (Å²) in [4.78, 5) is 43.1. The van der Waals surface area contributed by atoms with E-state index in [0.29, 0.717) is 60.5 Å². The number of nitrogens with one attached hydrogen (secondary N) is 1. The van der Waals surface area contributed by atoms with Crippen LogP contribution >= 0.6 is 0 Å². The molecule has 9 nitrogen and oxygen atoms in total. The monoisotopic (exact) mass is 451 g/mol. The van der Waals surface area contributed by atoms with E-state index in [4.69, 9.17) is 13.9 Å². The Morgan fingerprint density at radius 2 is 1.91 bits per heavy atom. The summed E-state index contributed by atoms with van der Waals surface area (Å²) in [6, 6.07) is 12.2. The molecule has 1 fully saturated rings. The van der Waals surface area contributed by atoms with Crippen LogP contribution in [0.4, 0.5) is 4.79 Å². The summed E-state index contributed by atoms with van der Waals surface area (Å²) in [5.41, 5.74) is 1.43. The topological polar surface area (TPSA) is 111 Å². The molecule has 1 N–H and O–H groups in total. The minimum atomic E-state index is -0.617. The van der Waals surface area contributed by atoms with Gasteiger partial charge in [-0.1, -0.05) is 18.2 Å². The minimum absolute atomic E-state index is 0.0887. The Bertz CT molecular complexity index is 1140. The zero-order valence-corrected chi connectivity index (χ0v) is 18.3. The molecule has 0 spiro atoms. The summed E-state index contributed by atoms with van der Waals surface area (Å²) in [7, 11) is 0. The van der Waals surface area contributed by atoms with Crippen LogP contribution in [0.25, 0.3) is 22.4 Å². The van der Waals surface area contributed by atoms with E-state index in [2.05, 4.69) is 10.3 Å². The molecule has 0 saturated carbocycles. The molecule has 2 amide bonds. The van der Waals surface area contributed by atoms with E-state index in [1.165, 1.54) is 6.26 Å². The van der Waals surface area contributed by atoms with Crippen molar-refractivity contribution in [3.8, 4) is 11.5 Å². The van der Waals surface area contributed by atoms with Gasteiger partial charge in [0.15, 0.2) is 12.4 Å². The number of esters is 1. The van der Waals surface area contributed by atoms with E-state index in [1.54, 1.807) is 42.2 Å². The lowest BCUT2D eigenvalue weighted by atomic mass is 10.1. The van der Waals surface area contributed by atoms with Crippen LogP contribution in [0.3, 0.4) is 0 Å². The molecule has 1 aromatic carbocycles. The molecule has 33 heavy (non-hydrogen) atoms. The lowest BCUT2D eigenvalue weighted by Crippen LogP contribution is -2.47. The first-order valence-corrected chi connectivity index (χ1v) is 10.9. The highest BCUT2D eigenvalue weighted by Gasteiger charge is 2.25. The number of ether oxygens (including phenoxy) is 2. The molecule has 0 unspecified atom stereocenters. The second kappa shape index (κ2) is 10.2. The molecule has 0 bridgehead atoms. The molecule has 3 aromatic rings. The molecule has 1 aliphatic rings. The van der Waals surface area contributed by atoms with Gasteiger partial charge >= 0.3 is 12.1 Å². The fraction of sp³-hybridized carbons (Fsp3) is 0.333. The quantitative estimate of drug-likeness (QED) is 0.572. The predicted octanol–water partition coefficient (Wildman–Crippen LogP) is 3.39. The maximum atomic E-state index is 12.8. The van der Waals surface area contributed by atoms with Gasteiger partial charge in [0.05, 0.1) is 24.0 Å². The lowest BCUT2D eigenvalue weighted by Gasteiger charge is -2.31. The van der Waals surface area contributed by atoms with Crippen LogP contribution in [0.1, 0.15) is 30.1 Å². The van der Waals surface area contributed by atoms with Crippen molar-refractivity contribution >= 4 is 28.9 Å². The number of fused-ring (bicyclic) bond motifs is 1. The number of hydrogen-bond donors (Lipinski definition) is 1. The number of carbonyl (C=O) groups is 3. The van der Waals surface area contributed by atoms with Crippen LogP contribution < -0.4 is 5.32 Å². The van der Waals surface area contributed by atoms with Gasteiger partial charge in [0.1, 0.15) is 5.69 Å². The number of rotatable bonds is 6. The second-order valence-corrected chi connectivity index (χ2v) is 7.65. The van der Waals surface area contributed by atoms with Gasteiger partial charge < -0.3 is 24.1 Å². The van der Waals surface area contributed by atoms with Crippen molar-refractivity contribution in [2.24, 2.45) is 0 Å². The molecule has 2 aromatic heterocycles. The maximum absolute atomic E-state index is 12.8. The number of piperidine rings is 1. The largest absolute Gasteiger partial charge is 0.463 e. The first-order chi connectivity index (χ1) is 16.0. The van der Waals surface area contributed by atoms with Gasteiger partial charge in [0.2, 0.25) is 0 Å². The molecule has 9 heteroatoms. The Hall–Kier alpha value is -3.88. The average Bonchev–Trinajstić information content (AvgIpc) is 3.37. The highest BCUT2D eigenvalue weighted by molar-refractivity contribution is 6.05. The molecular formula is C24H25N3O6. The Kier molecular flexibility index (Phi) is 6.87. The fourth-order valence-electron chi connectivity index (χ4n) is 3.79. The van der Waals surface area contributed by atoms with Crippen LogP contribution in [0.2, 0.25) is 0 Å². The van der Waals surface area contributed by atoms with Gasteiger partial charge in [-0.15, -0.1) is 0 Å². The van der Waals surface area contributed by atoms with Crippen LogP contribution in [0.5, 0.6) is 0 Å². The van der Waals surface area contributed by atoms with Gasteiger partial charge in [0.25, 0.3) is 5.91 Å². The molecule has 4 rings (SSSR count). The molecule has 172 valence electrons. The van der Waals surface area contributed by atoms with Gasteiger partial charge in [-0.05, 0) is 44.0 Å². The maximum Gasteiger partial charge on any atom is 0.409 e. The number of carbonyl (C=O) groups excluding carboxylic acids is 3. The Balaban J connectivity index is 1.36. The molecule has 0 aliphatic carbocycles. The summed E-state index contributed by atoms with van der Waals surface area (Å²) >= 11 is 0. The molecule has 1 saturated heterocycles. The number of nitrogens with zero attached hydrogens (tertiary/aromatic N) is 2. The highest BCUT2D eigenvalue weighted by Crippen LogP contribution is 2.25. The first-order valence-electron chi connectivity index (χ1n) is 10.9. The fourth-order valence-corrected chi connectivity index (χ4v) is 3.79. The third-order valence-corrected chi connectivity index (χ3v) is 5.43. The minimum Gasteiger partial charge on any atom is -0.463 e. The van der Waals surface area contributed by atoms with E-state index < -0.39 is 12.6 Å². The van der Waals surface area contributed by atoms with Gasteiger partial charge in [-0.2, -0.15) is 0 Å². The van der Waals surface area contributed by atoms with Gasteiger partial charge in [-0.25, -0.2) is 14.6 Å². The average molecular weight is 451 g/mol.